The fourth-order valence-corrected chi connectivity index (χ4v) is 3.71. The third-order valence-electron chi connectivity index (χ3n) is 3.82. The average molecular weight is 359 g/mol. The molecule has 0 unspecified atom stereocenters. The molecule has 0 N–H and O–H groups in total. The zero-order valence-electron chi connectivity index (χ0n) is 13.6. The van der Waals surface area contributed by atoms with Crippen LogP contribution in [0, 0.1) is 10.1 Å². The van der Waals surface area contributed by atoms with Gasteiger partial charge in [0.25, 0.3) is 5.91 Å². The molecular formula is C17H17N3O4S. The first-order chi connectivity index (χ1) is 12.1. The van der Waals surface area contributed by atoms with Crippen molar-refractivity contribution in [2.75, 3.05) is 18.1 Å². The summed E-state index contributed by atoms with van der Waals surface area (Å²) in [5.41, 5.74) is 0.853. The molecule has 7 nitrogen and oxygen atoms in total. The van der Waals surface area contributed by atoms with Gasteiger partial charge in [0.15, 0.2) is 6.61 Å². The lowest BCUT2D eigenvalue weighted by Gasteiger charge is -2.22. The maximum atomic E-state index is 12.7. The van der Waals surface area contributed by atoms with Crippen LogP contribution in [-0.2, 0) is 4.79 Å². The summed E-state index contributed by atoms with van der Waals surface area (Å²) in [6, 6.07) is 10.7. The normalized spacial score (nSPS) is 16.7. The van der Waals surface area contributed by atoms with Gasteiger partial charge in [-0.05, 0) is 40.6 Å². The van der Waals surface area contributed by atoms with Crippen LogP contribution >= 0.6 is 11.8 Å². The third kappa shape index (κ3) is 3.90. The molecule has 0 aliphatic carbocycles. The highest BCUT2D eigenvalue weighted by molar-refractivity contribution is 8.00. The van der Waals surface area contributed by atoms with E-state index in [1.807, 2.05) is 24.3 Å². The molecule has 2 aromatic rings. The molecule has 1 aliphatic rings. The Hall–Kier alpha value is -2.61. The summed E-state index contributed by atoms with van der Waals surface area (Å²) in [5.74, 6) is -0.636. The van der Waals surface area contributed by atoms with E-state index in [1.54, 1.807) is 16.7 Å². The van der Waals surface area contributed by atoms with Crippen LogP contribution in [0.5, 0.6) is 5.75 Å². The van der Waals surface area contributed by atoms with Gasteiger partial charge in [0.2, 0.25) is 5.75 Å². The van der Waals surface area contributed by atoms with E-state index in [-0.39, 0.29) is 18.3 Å². The Morgan fingerprint density at radius 3 is 3.00 bits per heavy atom. The highest BCUT2D eigenvalue weighted by Crippen LogP contribution is 2.37. The van der Waals surface area contributed by atoms with Crippen LogP contribution in [0.2, 0.25) is 0 Å². The number of rotatable bonds is 4. The van der Waals surface area contributed by atoms with Crippen LogP contribution < -0.4 is 9.64 Å². The van der Waals surface area contributed by atoms with Crippen molar-refractivity contribution < 1.29 is 14.5 Å². The largest absolute Gasteiger partial charge is 0.476 e. The molecule has 1 atom stereocenters. The predicted molar refractivity (Wildman–Crippen MR) is 95.1 cm³/mol. The first kappa shape index (κ1) is 17.2. The fraction of sp³-hybridized carbons (Fsp3) is 0.294. The van der Waals surface area contributed by atoms with E-state index in [9.17, 15) is 14.9 Å². The quantitative estimate of drug-likeness (QED) is 0.615. The minimum absolute atomic E-state index is 0.00769. The van der Waals surface area contributed by atoms with Crippen LogP contribution in [0.4, 0.5) is 11.5 Å². The summed E-state index contributed by atoms with van der Waals surface area (Å²) >= 11 is 1.74. The Balaban J connectivity index is 1.77. The van der Waals surface area contributed by atoms with Gasteiger partial charge in [-0.25, -0.2) is 0 Å². The molecule has 0 fully saturated rings. The van der Waals surface area contributed by atoms with Gasteiger partial charge in [-0.2, -0.15) is 0 Å². The van der Waals surface area contributed by atoms with Crippen molar-refractivity contribution in [3.05, 3.63) is 52.7 Å². The van der Waals surface area contributed by atoms with Crippen LogP contribution in [0.1, 0.15) is 13.3 Å². The van der Waals surface area contributed by atoms with Crippen molar-refractivity contribution in [1.29, 1.82) is 0 Å². The van der Waals surface area contributed by atoms with Gasteiger partial charge in [-0.15, -0.1) is 11.8 Å². The number of ether oxygens (including phenoxy) is 1. The molecule has 1 amide bonds. The van der Waals surface area contributed by atoms with Crippen molar-refractivity contribution in [3.63, 3.8) is 0 Å². The van der Waals surface area contributed by atoms with Gasteiger partial charge in [-0.1, -0.05) is 19.1 Å². The van der Waals surface area contributed by atoms with Crippen molar-refractivity contribution in [2.45, 2.75) is 23.5 Å². The van der Waals surface area contributed by atoms with E-state index >= 15 is 0 Å². The van der Waals surface area contributed by atoms with Crippen LogP contribution in [0.25, 0.3) is 0 Å². The van der Waals surface area contributed by atoms with Gasteiger partial charge in [0.05, 0.1) is 5.69 Å². The number of thioether (sulfide) groups is 1. The van der Waals surface area contributed by atoms with Crippen LogP contribution in [0.3, 0.4) is 0 Å². The summed E-state index contributed by atoms with van der Waals surface area (Å²) in [6.45, 7) is 2.44. The summed E-state index contributed by atoms with van der Waals surface area (Å²) in [7, 11) is 0. The van der Waals surface area contributed by atoms with Crippen molar-refractivity contribution >= 4 is 29.2 Å². The summed E-state index contributed by atoms with van der Waals surface area (Å²) in [5, 5.41) is 11.4. The minimum atomic E-state index is -0.626. The SMILES string of the molecule is C[C@@H]1CCN(C(=O)COc2cccnc2[N+](=O)[O-])c2ccccc2S1. The van der Waals surface area contributed by atoms with E-state index < -0.39 is 10.7 Å². The maximum absolute atomic E-state index is 12.7. The first-order valence-electron chi connectivity index (χ1n) is 7.84. The first-order valence-corrected chi connectivity index (χ1v) is 8.72. The van der Waals surface area contributed by atoms with Gasteiger partial charge in [-0.3, -0.25) is 4.79 Å². The Kier molecular flexibility index (Phi) is 5.18. The number of nitrogens with zero attached hydrogens (tertiary/aromatic N) is 3. The second-order valence-corrected chi connectivity index (χ2v) is 7.08. The lowest BCUT2D eigenvalue weighted by molar-refractivity contribution is -0.390. The lowest BCUT2D eigenvalue weighted by Crippen LogP contribution is -2.36. The second-order valence-electron chi connectivity index (χ2n) is 5.60. The number of fused-ring (bicyclic) bond motifs is 1. The third-order valence-corrected chi connectivity index (χ3v) is 5.06. The van der Waals surface area contributed by atoms with E-state index in [4.69, 9.17) is 4.74 Å². The van der Waals surface area contributed by atoms with E-state index in [1.165, 1.54) is 18.3 Å². The number of benzene rings is 1. The standard InChI is InChI=1S/C17H17N3O4S/c1-12-8-10-19(13-5-2-3-7-15(13)25-12)16(21)11-24-14-6-4-9-18-17(14)20(22)23/h2-7,9,12H,8,10-11H2,1H3/t12-/m1/s1. The Morgan fingerprint density at radius 2 is 2.20 bits per heavy atom. The average Bonchev–Trinajstić information content (AvgIpc) is 2.78. The molecule has 0 saturated heterocycles. The zero-order chi connectivity index (χ0) is 17.8. The predicted octanol–water partition coefficient (Wildman–Crippen LogP) is 3.29. The van der Waals surface area contributed by atoms with E-state index in [2.05, 4.69) is 11.9 Å². The molecule has 2 heterocycles. The summed E-state index contributed by atoms with van der Waals surface area (Å²) in [4.78, 5) is 29.4. The number of nitro groups is 1. The highest BCUT2D eigenvalue weighted by atomic mass is 32.2. The molecule has 25 heavy (non-hydrogen) atoms. The van der Waals surface area contributed by atoms with Gasteiger partial charge in [0, 0.05) is 16.7 Å². The molecule has 130 valence electrons. The minimum Gasteiger partial charge on any atom is -0.476 e. The topological polar surface area (TPSA) is 85.6 Å². The van der Waals surface area contributed by atoms with Gasteiger partial charge < -0.3 is 19.8 Å². The van der Waals surface area contributed by atoms with Crippen molar-refractivity contribution in [1.82, 2.24) is 4.98 Å². The molecule has 8 heteroatoms. The number of amides is 1. The molecule has 1 aliphatic heterocycles. The van der Waals surface area contributed by atoms with Crippen molar-refractivity contribution in [3.8, 4) is 5.75 Å². The molecule has 3 rings (SSSR count). The number of hydrogen-bond acceptors (Lipinski definition) is 6. The molecule has 0 bridgehead atoms. The van der Waals surface area contributed by atoms with Crippen molar-refractivity contribution in [2.24, 2.45) is 0 Å². The Bertz CT molecular complexity index is 799. The molecular weight excluding hydrogens is 342 g/mol. The molecule has 1 aromatic heterocycles. The number of para-hydroxylation sites is 1. The molecule has 0 spiro atoms. The summed E-state index contributed by atoms with van der Waals surface area (Å²) in [6.07, 6.45) is 2.18. The molecule has 0 saturated carbocycles. The van der Waals surface area contributed by atoms with Gasteiger partial charge in [0.1, 0.15) is 6.20 Å². The number of anilines is 1. The Labute approximate surface area is 149 Å². The van der Waals surface area contributed by atoms with Gasteiger partial charge >= 0.3 is 5.82 Å². The lowest BCUT2D eigenvalue weighted by atomic mass is 10.2. The van der Waals surface area contributed by atoms with Crippen LogP contribution in [0.15, 0.2) is 47.5 Å². The second kappa shape index (κ2) is 7.52. The number of pyridine rings is 1. The Morgan fingerprint density at radius 1 is 1.40 bits per heavy atom. The number of aromatic nitrogens is 1. The smallest absolute Gasteiger partial charge is 0.406 e. The van der Waals surface area contributed by atoms with E-state index in [0.29, 0.717) is 11.8 Å². The fourth-order valence-electron chi connectivity index (χ4n) is 2.60. The molecule has 0 radical (unpaired) electrons. The number of carbonyl (C=O) groups excluding carboxylic acids is 1. The summed E-state index contributed by atoms with van der Waals surface area (Å²) < 4.78 is 5.39. The zero-order valence-corrected chi connectivity index (χ0v) is 14.4. The number of carbonyl (C=O) groups is 1. The van der Waals surface area contributed by atoms with Crippen LogP contribution in [-0.4, -0.2) is 34.2 Å². The molecule has 1 aromatic carbocycles. The number of hydrogen-bond donors (Lipinski definition) is 0. The monoisotopic (exact) mass is 359 g/mol. The maximum Gasteiger partial charge on any atom is 0.406 e. The highest BCUT2D eigenvalue weighted by Gasteiger charge is 2.25. The van der Waals surface area contributed by atoms with E-state index in [0.717, 1.165) is 17.0 Å².